The zero-order valence-electron chi connectivity index (χ0n) is 11.1. The van der Waals surface area contributed by atoms with Crippen LogP contribution in [0.2, 0.25) is 0 Å². The van der Waals surface area contributed by atoms with Crippen LogP contribution in [0.25, 0.3) is 0 Å². The van der Waals surface area contributed by atoms with E-state index in [1.165, 1.54) is 5.56 Å². The Kier molecular flexibility index (Phi) is 3.72. The van der Waals surface area contributed by atoms with Gasteiger partial charge in [0.15, 0.2) is 0 Å². The van der Waals surface area contributed by atoms with Gasteiger partial charge in [-0.25, -0.2) is 0 Å². The first-order valence-corrected chi connectivity index (χ1v) is 6.17. The van der Waals surface area contributed by atoms with Crippen LogP contribution < -0.4 is 10.5 Å². The molecule has 3 nitrogen and oxygen atoms in total. The maximum atomic E-state index is 9.05. The molecule has 0 fully saturated rings. The molecular formula is C16H16N2O. The lowest BCUT2D eigenvalue weighted by molar-refractivity contribution is 0.481. The van der Waals surface area contributed by atoms with Crippen molar-refractivity contribution in [3.05, 3.63) is 53.6 Å². The highest BCUT2D eigenvalue weighted by Crippen LogP contribution is 2.27. The Balaban J connectivity index is 2.24. The molecule has 2 rings (SSSR count). The molecule has 0 saturated carbocycles. The normalized spacial score (nSPS) is 10.2. The third-order valence-electron chi connectivity index (χ3n) is 2.90. The molecule has 0 saturated heterocycles. The molecule has 0 heterocycles. The Bertz CT molecular complexity index is 610. The van der Waals surface area contributed by atoms with Gasteiger partial charge in [0.1, 0.15) is 17.6 Å². The Morgan fingerprint density at radius 2 is 1.79 bits per heavy atom. The van der Waals surface area contributed by atoms with Crippen molar-refractivity contribution in [2.24, 2.45) is 0 Å². The van der Waals surface area contributed by atoms with Gasteiger partial charge in [0.25, 0.3) is 0 Å². The van der Waals surface area contributed by atoms with E-state index in [4.69, 9.17) is 15.7 Å². The van der Waals surface area contributed by atoms with E-state index in [9.17, 15) is 0 Å². The summed E-state index contributed by atoms with van der Waals surface area (Å²) in [7, 11) is 0. The minimum absolute atomic E-state index is 0.438. The smallest absolute Gasteiger partial charge is 0.145 e. The number of nitrogen functional groups attached to an aromatic ring is 1. The summed E-state index contributed by atoms with van der Waals surface area (Å²) in [6.07, 6.45) is 0. The zero-order chi connectivity index (χ0) is 13.8. The molecule has 0 unspecified atom stereocenters. The van der Waals surface area contributed by atoms with Gasteiger partial charge in [-0.3, -0.25) is 0 Å². The lowest BCUT2D eigenvalue weighted by Crippen LogP contribution is -1.92. The molecule has 0 spiro atoms. The molecular weight excluding hydrogens is 236 g/mol. The second-order valence-electron chi connectivity index (χ2n) is 4.69. The van der Waals surface area contributed by atoms with E-state index < -0.39 is 0 Å². The number of nitriles is 1. The van der Waals surface area contributed by atoms with Crippen LogP contribution >= 0.6 is 0 Å². The number of benzene rings is 2. The summed E-state index contributed by atoms with van der Waals surface area (Å²) in [5.41, 5.74) is 7.89. The van der Waals surface area contributed by atoms with E-state index in [2.05, 4.69) is 19.9 Å². The molecule has 0 atom stereocenters. The summed E-state index contributed by atoms with van der Waals surface area (Å²) in [4.78, 5) is 0. The fourth-order valence-electron chi connectivity index (χ4n) is 1.77. The average molecular weight is 252 g/mol. The van der Waals surface area contributed by atoms with E-state index >= 15 is 0 Å². The van der Waals surface area contributed by atoms with Gasteiger partial charge in [-0.1, -0.05) is 26.0 Å². The van der Waals surface area contributed by atoms with Gasteiger partial charge in [-0.15, -0.1) is 0 Å². The highest BCUT2D eigenvalue weighted by atomic mass is 16.5. The molecule has 0 aliphatic heterocycles. The van der Waals surface area contributed by atoms with Crippen LogP contribution in [0.5, 0.6) is 11.5 Å². The third-order valence-corrected chi connectivity index (χ3v) is 2.90. The van der Waals surface area contributed by atoms with Gasteiger partial charge in [0, 0.05) is 5.69 Å². The van der Waals surface area contributed by atoms with Crippen LogP contribution in [0.15, 0.2) is 42.5 Å². The molecule has 0 aliphatic rings. The van der Waals surface area contributed by atoms with E-state index in [0.717, 1.165) is 0 Å². The fraction of sp³-hybridized carbons (Fsp3) is 0.188. The lowest BCUT2D eigenvalue weighted by Gasteiger charge is -2.10. The van der Waals surface area contributed by atoms with E-state index in [-0.39, 0.29) is 0 Å². The highest BCUT2D eigenvalue weighted by molar-refractivity contribution is 5.54. The van der Waals surface area contributed by atoms with Crippen LogP contribution in [0, 0.1) is 11.3 Å². The van der Waals surface area contributed by atoms with Crippen molar-refractivity contribution in [1.82, 2.24) is 0 Å². The van der Waals surface area contributed by atoms with Gasteiger partial charge in [0.05, 0.1) is 5.56 Å². The van der Waals surface area contributed by atoms with Crippen LogP contribution in [0.3, 0.4) is 0 Å². The second-order valence-corrected chi connectivity index (χ2v) is 4.69. The molecule has 19 heavy (non-hydrogen) atoms. The highest BCUT2D eigenvalue weighted by Gasteiger charge is 2.06. The minimum Gasteiger partial charge on any atom is -0.456 e. The van der Waals surface area contributed by atoms with Crippen molar-refractivity contribution < 1.29 is 4.74 Å². The maximum Gasteiger partial charge on any atom is 0.145 e. The van der Waals surface area contributed by atoms with Gasteiger partial charge in [0.2, 0.25) is 0 Å². The average Bonchev–Trinajstić information content (AvgIpc) is 2.41. The number of nitrogens with zero attached hydrogens (tertiary/aromatic N) is 1. The van der Waals surface area contributed by atoms with Gasteiger partial charge >= 0.3 is 0 Å². The quantitative estimate of drug-likeness (QED) is 0.838. The molecule has 3 heteroatoms. The van der Waals surface area contributed by atoms with Crippen molar-refractivity contribution in [3.63, 3.8) is 0 Å². The molecule has 2 aromatic carbocycles. The summed E-state index contributed by atoms with van der Waals surface area (Å²) >= 11 is 0. The van der Waals surface area contributed by atoms with Crippen LogP contribution in [-0.4, -0.2) is 0 Å². The topological polar surface area (TPSA) is 59.0 Å². The Hall–Kier alpha value is -2.47. The van der Waals surface area contributed by atoms with Crippen molar-refractivity contribution in [2.75, 3.05) is 5.73 Å². The number of ether oxygens (including phenoxy) is 1. The number of anilines is 1. The SMILES string of the molecule is CC(C)c1ccc(Oc2ccc(N)cc2C#N)cc1. The summed E-state index contributed by atoms with van der Waals surface area (Å²) in [6.45, 7) is 4.28. The minimum atomic E-state index is 0.438. The van der Waals surface area contributed by atoms with E-state index in [1.54, 1.807) is 18.2 Å². The van der Waals surface area contributed by atoms with Crippen molar-refractivity contribution >= 4 is 5.69 Å². The second kappa shape index (κ2) is 5.45. The Morgan fingerprint density at radius 3 is 2.37 bits per heavy atom. The van der Waals surface area contributed by atoms with E-state index in [1.807, 2.05) is 24.3 Å². The van der Waals surface area contributed by atoms with Crippen LogP contribution in [0.4, 0.5) is 5.69 Å². The van der Waals surface area contributed by atoms with Crippen molar-refractivity contribution in [3.8, 4) is 17.6 Å². The number of nitrogens with two attached hydrogens (primary N) is 1. The monoisotopic (exact) mass is 252 g/mol. The first kappa shape index (κ1) is 13.0. The Morgan fingerprint density at radius 1 is 1.11 bits per heavy atom. The largest absolute Gasteiger partial charge is 0.456 e. The predicted octanol–water partition coefficient (Wildman–Crippen LogP) is 4.06. The summed E-state index contributed by atoms with van der Waals surface area (Å²) < 4.78 is 5.71. The van der Waals surface area contributed by atoms with Crippen molar-refractivity contribution in [2.45, 2.75) is 19.8 Å². The van der Waals surface area contributed by atoms with Crippen LogP contribution in [-0.2, 0) is 0 Å². The molecule has 0 amide bonds. The van der Waals surface area contributed by atoms with Gasteiger partial charge in [-0.05, 0) is 41.8 Å². The number of hydrogen-bond acceptors (Lipinski definition) is 3. The number of rotatable bonds is 3. The molecule has 0 radical (unpaired) electrons. The molecule has 0 aromatic heterocycles. The zero-order valence-corrected chi connectivity index (χ0v) is 11.1. The standard InChI is InChI=1S/C16H16N2O/c1-11(2)12-3-6-15(7-4-12)19-16-8-5-14(18)9-13(16)10-17/h3-9,11H,18H2,1-2H3. The first-order chi connectivity index (χ1) is 9.10. The molecule has 0 aliphatic carbocycles. The molecule has 2 N–H and O–H groups in total. The van der Waals surface area contributed by atoms with Gasteiger partial charge in [-0.2, -0.15) is 5.26 Å². The molecule has 96 valence electrons. The maximum absolute atomic E-state index is 9.05. The molecule has 0 bridgehead atoms. The summed E-state index contributed by atoms with van der Waals surface area (Å²) in [6, 6.07) is 15.0. The lowest BCUT2D eigenvalue weighted by atomic mass is 10.0. The van der Waals surface area contributed by atoms with Crippen LogP contribution in [0.1, 0.15) is 30.9 Å². The third kappa shape index (κ3) is 3.05. The summed E-state index contributed by atoms with van der Waals surface area (Å²) in [5, 5.41) is 9.05. The predicted molar refractivity (Wildman–Crippen MR) is 76.2 cm³/mol. The van der Waals surface area contributed by atoms with Gasteiger partial charge < -0.3 is 10.5 Å². The summed E-state index contributed by atoms with van der Waals surface area (Å²) in [5.74, 6) is 1.72. The number of hydrogen-bond donors (Lipinski definition) is 1. The van der Waals surface area contributed by atoms with Crippen molar-refractivity contribution in [1.29, 1.82) is 5.26 Å². The Labute approximate surface area is 113 Å². The van der Waals surface area contributed by atoms with E-state index in [0.29, 0.717) is 28.7 Å². The fourth-order valence-corrected chi connectivity index (χ4v) is 1.77. The molecule has 2 aromatic rings. The first-order valence-electron chi connectivity index (χ1n) is 6.17.